The first-order valence-electron chi connectivity index (χ1n) is 5.16. The van der Waals surface area contributed by atoms with Crippen LogP contribution in [-0.2, 0) is 9.59 Å². The van der Waals surface area contributed by atoms with Gasteiger partial charge in [-0.05, 0) is 6.92 Å². The van der Waals surface area contributed by atoms with E-state index in [-0.39, 0.29) is 0 Å². The monoisotopic (exact) mass is 285 g/mol. The van der Waals surface area contributed by atoms with Crippen molar-refractivity contribution < 1.29 is 32.7 Å². The van der Waals surface area contributed by atoms with Crippen molar-refractivity contribution >= 4 is 17.9 Å². The lowest BCUT2D eigenvalue weighted by atomic mass is 10.2. The van der Waals surface area contributed by atoms with Gasteiger partial charge in [-0.15, -0.1) is 0 Å². The van der Waals surface area contributed by atoms with Gasteiger partial charge in [-0.25, -0.2) is 9.59 Å². The molecule has 5 N–H and O–H groups in total. The number of hydrogen-bond donors (Lipinski definition) is 4. The minimum absolute atomic E-state index is 0.656. The maximum Gasteiger partial charge on any atom is 0.391 e. The summed E-state index contributed by atoms with van der Waals surface area (Å²) in [4.78, 5) is 32.4. The fourth-order valence-electron chi connectivity index (χ4n) is 1.22. The number of carboxylic acid groups (broad SMARTS) is 1. The molecule has 0 aliphatic carbocycles. The van der Waals surface area contributed by atoms with Crippen LogP contribution in [0.4, 0.5) is 18.0 Å². The van der Waals surface area contributed by atoms with Crippen molar-refractivity contribution in [3.05, 3.63) is 0 Å². The summed E-state index contributed by atoms with van der Waals surface area (Å²) in [6, 6.07) is -3.94. The average molecular weight is 285 g/mol. The molecule has 0 rings (SSSR count). The Bertz CT molecular complexity index is 359. The van der Waals surface area contributed by atoms with Crippen LogP contribution in [0.1, 0.15) is 19.8 Å². The molecule has 19 heavy (non-hydrogen) atoms. The van der Waals surface area contributed by atoms with Crippen LogP contribution in [0.2, 0.25) is 0 Å². The number of carbonyl (C=O) groups excluding carboxylic acids is 2. The van der Waals surface area contributed by atoms with Crippen LogP contribution >= 0.6 is 0 Å². The number of hydrogen-bond acceptors (Lipinski definition) is 3. The van der Waals surface area contributed by atoms with E-state index >= 15 is 0 Å². The Morgan fingerprint density at radius 1 is 1.26 bits per heavy atom. The third-order valence-electron chi connectivity index (χ3n) is 1.92. The van der Waals surface area contributed by atoms with E-state index in [1.807, 2.05) is 10.6 Å². The molecule has 0 aromatic carbocycles. The lowest BCUT2D eigenvalue weighted by Crippen LogP contribution is -2.50. The summed E-state index contributed by atoms with van der Waals surface area (Å²) in [5.74, 6) is -2.48. The molecule has 0 fully saturated rings. The maximum absolute atomic E-state index is 12.0. The molecular formula is C9H14F3N3O4. The molecule has 0 aromatic rings. The minimum atomic E-state index is -4.45. The second-order valence-corrected chi connectivity index (χ2v) is 3.90. The van der Waals surface area contributed by atoms with Gasteiger partial charge >= 0.3 is 18.2 Å². The topological polar surface area (TPSA) is 122 Å². The molecule has 110 valence electrons. The van der Waals surface area contributed by atoms with E-state index in [1.54, 1.807) is 0 Å². The summed E-state index contributed by atoms with van der Waals surface area (Å²) in [7, 11) is 0. The highest BCUT2D eigenvalue weighted by molar-refractivity contribution is 5.87. The number of nitrogens with two attached hydrogens (primary N) is 1. The number of amides is 3. The standard InChI is InChI=1S/C9H14F3N3O4/c1-4(3-9(10,11)12)14-8(19)15-5(7(17)18)2-6(13)16/h4-5H,2-3H2,1H3,(H2,13,16)(H,17,18)(H2,14,15,19)/t4?,5-/m1/s1. The van der Waals surface area contributed by atoms with Gasteiger partial charge < -0.3 is 21.5 Å². The predicted octanol–water partition coefficient (Wildman–Crippen LogP) is -0.0449. The summed E-state index contributed by atoms with van der Waals surface area (Å²) in [5.41, 5.74) is 4.77. The molecule has 0 aromatic heterocycles. The Morgan fingerprint density at radius 2 is 1.79 bits per heavy atom. The lowest BCUT2D eigenvalue weighted by Gasteiger charge is -2.18. The highest BCUT2D eigenvalue weighted by Crippen LogP contribution is 2.21. The maximum atomic E-state index is 12.0. The molecule has 0 radical (unpaired) electrons. The lowest BCUT2D eigenvalue weighted by molar-refractivity contribution is -0.141. The Morgan fingerprint density at radius 3 is 2.16 bits per heavy atom. The van der Waals surface area contributed by atoms with E-state index in [9.17, 15) is 27.6 Å². The van der Waals surface area contributed by atoms with Crippen LogP contribution in [0, 0.1) is 0 Å². The predicted molar refractivity (Wildman–Crippen MR) is 57.0 cm³/mol. The van der Waals surface area contributed by atoms with Crippen molar-refractivity contribution in [2.45, 2.75) is 38.0 Å². The largest absolute Gasteiger partial charge is 0.480 e. The van der Waals surface area contributed by atoms with E-state index in [1.165, 1.54) is 0 Å². The van der Waals surface area contributed by atoms with Gasteiger partial charge in [0.1, 0.15) is 6.04 Å². The number of carboxylic acids is 1. The molecule has 0 aliphatic heterocycles. The van der Waals surface area contributed by atoms with Crippen LogP contribution < -0.4 is 16.4 Å². The number of rotatable bonds is 6. The molecule has 0 heterocycles. The van der Waals surface area contributed by atoms with Gasteiger partial charge in [0.2, 0.25) is 5.91 Å². The fraction of sp³-hybridized carbons (Fsp3) is 0.667. The number of urea groups is 1. The van der Waals surface area contributed by atoms with Gasteiger partial charge in [0.25, 0.3) is 0 Å². The van der Waals surface area contributed by atoms with E-state index < -0.39 is 49.0 Å². The van der Waals surface area contributed by atoms with Gasteiger partial charge in [0.15, 0.2) is 0 Å². The molecule has 0 saturated heterocycles. The van der Waals surface area contributed by atoms with Crippen LogP contribution in [0.25, 0.3) is 0 Å². The van der Waals surface area contributed by atoms with E-state index in [0.717, 1.165) is 6.92 Å². The zero-order chi connectivity index (χ0) is 15.2. The zero-order valence-corrected chi connectivity index (χ0v) is 9.95. The molecule has 0 spiro atoms. The molecule has 3 amide bonds. The van der Waals surface area contributed by atoms with Crippen LogP contribution in [-0.4, -0.2) is 41.3 Å². The van der Waals surface area contributed by atoms with Crippen molar-refractivity contribution in [2.75, 3.05) is 0 Å². The SMILES string of the molecule is CC(CC(F)(F)F)NC(=O)N[C@H](CC(N)=O)C(=O)O. The van der Waals surface area contributed by atoms with Gasteiger partial charge in [-0.3, -0.25) is 4.79 Å². The van der Waals surface area contributed by atoms with Gasteiger partial charge in [-0.1, -0.05) is 0 Å². The first-order chi connectivity index (χ1) is 8.51. The summed E-state index contributed by atoms with van der Waals surface area (Å²) in [6.07, 6.45) is -6.36. The Kier molecular flexibility index (Phi) is 6.09. The Labute approximate surface area is 106 Å². The molecular weight excluding hydrogens is 271 g/mol. The molecule has 0 saturated carbocycles. The molecule has 7 nitrogen and oxygen atoms in total. The number of primary amides is 1. The second kappa shape index (κ2) is 6.81. The van der Waals surface area contributed by atoms with Crippen molar-refractivity contribution in [1.82, 2.24) is 10.6 Å². The minimum Gasteiger partial charge on any atom is -0.480 e. The summed E-state index contributed by atoms with van der Waals surface area (Å²) < 4.78 is 36.0. The summed E-state index contributed by atoms with van der Waals surface area (Å²) >= 11 is 0. The highest BCUT2D eigenvalue weighted by atomic mass is 19.4. The van der Waals surface area contributed by atoms with E-state index in [0.29, 0.717) is 0 Å². The number of nitrogens with one attached hydrogen (secondary N) is 2. The van der Waals surface area contributed by atoms with Crippen molar-refractivity contribution in [1.29, 1.82) is 0 Å². The summed E-state index contributed by atoms with van der Waals surface area (Å²) in [6.45, 7) is 1.11. The van der Waals surface area contributed by atoms with Gasteiger partial charge in [0, 0.05) is 6.04 Å². The van der Waals surface area contributed by atoms with Crippen LogP contribution in [0.15, 0.2) is 0 Å². The fourth-order valence-corrected chi connectivity index (χ4v) is 1.22. The van der Waals surface area contributed by atoms with Crippen LogP contribution in [0.5, 0.6) is 0 Å². The van der Waals surface area contributed by atoms with Crippen molar-refractivity contribution in [3.63, 3.8) is 0 Å². The van der Waals surface area contributed by atoms with Crippen molar-refractivity contribution in [3.8, 4) is 0 Å². The molecule has 0 bridgehead atoms. The molecule has 2 atom stereocenters. The van der Waals surface area contributed by atoms with Gasteiger partial charge in [-0.2, -0.15) is 13.2 Å². The number of carbonyl (C=O) groups is 3. The number of alkyl halides is 3. The average Bonchev–Trinajstić information content (AvgIpc) is 2.11. The molecule has 1 unspecified atom stereocenters. The highest BCUT2D eigenvalue weighted by Gasteiger charge is 2.31. The third kappa shape index (κ3) is 8.69. The first-order valence-corrected chi connectivity index (χ1v) is 5.16. The first kappa shape index (κ1) is 17.0. The molecule has 0 aliphatic rings. The van der Waals surface area contributed by atoms with Gasteiger partial charge in [0.05, 0.1) is 12.8 Å². The van der Waals surface area contributed by atoms with E-state index in [2.05, 4.69) is 0 Å². The normalized spacial score (nSPS) is 14.3. The van der Waals surface area contributed by atoms with Crippen molar-refractivity contribution in [2.24, 2.45) is 5.73 Å². The quantitative estimate of drug-likeness (QED) is 0.546. The summed E-state index contributed by atoms with van der Waals surface area (Å²) in [5, 5.41) is 12.4. The smallest absolute Gasteiger partial charge is 0.391 e. The third-order valence-corrected chi connectivity index (χ3v) is 1.92. The Balaban J connectivity index is 4.34. The zero-order valence-electron chi connectivity index (χ0n) is 9.95. The molecule has 10 heteroatoms. The number of halogens is 3. The number of aliphatic carboxylic acids is 1. The van der Waals surface area contributed by atoms with Crippen LogP contribution in [0.3, 0.4) is 0 Å². The van der Waals surface area contributed by atoms with E-state index in [4.69, 9.17) is 10.8 Å². The second-order valence-electron chi connectivity index (χ2n) is 3.90. The Hall–Kier alpha value is -2.00.